The first-order valence-electron chi connectivity index (χ1n) is 10.1. The van der Waals surface area contributed by atoms with Gasteiger partial charge in [0.2, 0.25) is 0 Å². The number of amides is 1. The van der Waals surface area contributed by atoms with Crippen LogP contribution in [0.4, 0.5) is 0 Å². The van der Waals surface area contributed by atoms with Crippen LogP contribution in [0.5, 0.6) is 5.75 Å². The molecule has 1 saturated heterocycles. The van der Waals surface area contributed by atoms with Gasteiger partial charge in [-0.1, -0.05) is 11.3 Å². The first kappa shape index (κ1) is 21.3. The molecule has 1 amide bonds. The maximum atomic E-state index is 12.3. The highest BCUT2D eigenvalue weighted by molar-refractivity contribution is 5.91. The molecule has 2 heterocycles. The van der Waals surface area contributed by atoms with Crippen molar-refractivity contribution in [1.29, 1.82) is 0 Å². The van der Waals surface area contributed by atoms with E-state index in [1.165, 1.54) is 16.0 Å². The van der Waals surface area contributed by atoms with Crippen LogP contribution in [-0.4, -0.2) is 76.2 Å². The van der Waals surface area contributed by atoms with Crippen LogP contribution in [0.2, 0.25) is 0 Å². The summed E-state index contributed by atoms with van der Waals surface area (Å²) in [4.78, 5) is 16.2. The minimum atomic E-state index is -0.220. The van der Waals surface area contributed by atoms with E-state index in [0.717, 1.165) is 43.8 Å². The van der Waals surface area contributed by atoms with E-state index in [1.807, 2.05) is 4.68 Å². The third-order valence-corrected chi connectivity index (χ3v) is 5.61. The molecule has 0 spiro atoms. The topological polar surface area (TPSA) is 83.7 Å². The van der Waals surface area contributed by atoms with Crippen molar-refractivity contribution in [1.82, 2.24) is 24.8 Å². The highest BCUT2D eigenvalue weighted by Crippen LogP contribution is 2.26. The standard InChI is InChI=1S/C21H31N5O3/c1-15-11-20(29-4)16(2)10-17(15)12-25-7-5-6-18(13-25)26-14-19(22-23-26)21(28)24(3)8-9-27/h10-11,14,18,27H,5-9,12-13H2,1-4H3. The van der Waals surface area contributed by atoms with Crippen molar-refractivity contribution in [3.05, 3.63) is 40.7 Å². The van der Waals surface area contributed by atoms with Gasteiger partial charge in [0.1, 0.15) is 5.75 Å². The summed E-state index contributed by atoms with van der Waals surface area (Å²) in [6, 6.07) is 4.51. The Hall–Kier alpha value is -2.45. The number of aryl methyl sites for hydroxylation is 2. The quantitative estimate of drug-likeness (QED) is 0.762. The number of hydrogen-bond donors (Lipinski definition) is 1. The van der Waals surface area contributed by atoms with Crippen LogP contribution in [-0.2, 0) is 6.54 Å². The minimum absolute atomic E-state index is 0.0712. The molecular formula is C21H31N5O3. The molecule has 8 nitrogen and oxygen atoms in total. The zero-order chi connectivity index (χ0) is 21.0. The van der Waals surface area contributed by atoms with Crippen molar-refractivity contribution >= 4 is 5.91 Å². The lowest BCUT2D eigenvalue weighted by molar-refractivity contribution is 0.0761. The first-order chi connectivity index (χ1) is 13.9. The van der Waals surface area contributed by atoms with Crippen molar-refractivity contribution in [3.63, 3.8) is 0 Å². The summed E-state index contributed by atoms with van der Waals surface area (Å²) in [7, 11) is 3.36. The molecule has 1 unspecified atom stereocenters. The second-order valence-electron chi connectivity index (χ2n) is 7.81. The third kappa shape index (κ3) is 4.94. The van der Waals surface area contributed by atoms with Gasteiger partial charge in [0, 0.05) is 26.7 Å². The second kappa shape index (κ2) is 9.37. The van der Waals surface area contributed by atoms with Crippen LogP contribution < -0.4 is 4.74 Å². The second-order valence-corrected chi connectivity index (χ2v) is 7.81. The number of benzene rings is 1. The smallest absolute Gasteiger partial charge is 0.275 e. The number of rotatable bonds is 7. The molecule has 0 aliphatic carbocycles. The van der Waals surface area contributed by atoms with Crippen molar-refractivity contribution in [2.24, 2.45) is 0 Å². The lowest BCUT2D eigenvalue weighted by atomic mass is 10.0. The number of likely N-dealkylation sites (tertiary alicyclic amines) is 1. The van der Waals surface area contributed by atoms with Gasteiger partial charge < -0.3 is 14.7 Å². The monoisotopic (exact) mass is 401 g/mol. The van der Waals surface area contributed by atoms with E-state index in [-0.39, 0.29) is 25.1 Å². The van der Waals surface area contributed by atoms with E-state index >= 15 is 0 Å². The average Bonchev–Trinajstić information content (AvgIpc) is 3.20. The van der Waals surface area contributed by atoms with Crippen LogP contribution in [0, 0.1) is 13.8 Å². The maximum absolute atomic E-state index is 12.3. The Balaban J connectivity index is 1.67. The Kier molecular flexibility index (Phi) is 6.87. The van der Waals surface area contributed by atoms with Crippen molar-refractivity contribution < 1.29 is 14.6 Å². The summed E-state index contributed by atoms with van der Waals surface area (Å²) < 4.78 is 7.24. The Morgan fingerprint density at radius 1 is 1.34 bits per heavy atom. The number of aliphatic hydroxyl groups excluding tert-OH is 1. The van der Waals surface area contributed by atoms with Crippen LogP contribution in [0.1, 0.15) is 46.1 Å². The molecule has 29 heavy (non-hydrogen) atoms. The lowest BCUT2D eigenvalue weighted by Crippen LogP contribution is -2.36. The predicted octanol–water partition coefficient (Wildman–Crippen LogP) is 1.80. The number of likely N-dealkylation sites (N-methyl/N-ethyl adjacent to an activating group) is 1. The Morgan fingerprint density at radius 3 is 2.86 bits per heavy atom. The van der Waals surface area contributed by atoms with Crippen molar-refractivity contribution in [2.45, 2.75) is 39.3 Å². The zero-order valence-corrected chi connectivity index (χ0v) is 17.8. The fourth-order valence-corrected chi connectivity index (χ4v) is 3.87. The number of methoxy groups -OCH3 is 1. The summed E-state index contributed by atoms with van der Waals surface area (Å²) in [5, 5.41) is 17.3. The molecule has 1 atom stereocenters. The molecule has 0 saturated carbocycles. The number of carbonyl (C=O) groups is 1. The van der Waals surface area contributed by atoms with Gasteiger partial charge in [-0.3, -0.25) is 9.69 Å². The largest absolute Gasteiger partial charge is 0.496 e. The van der Waals surface area contributed by atoms with Crippen LogP contribution in [0.25, 0.3) is 0 Å². The molecule has 1 fully saturated rings. The molecule has 1 aliphatic heterocycles. The Morgan fingerprint density at radius 2 is 2.14 bits per heavy atom. The van der Waals surface area contributed by atoms with Crippen LogP contribution in [0.15, 0.2) is 18.3 Å². The fraction of sp³-hybridized carbons (Fsp3) is 0.571. The Bertz CT molecular complexity index is 851. The van der Waals surface area contributed by atoms with Gasteiger partial charge in [0.25, 0.3) is 5.91 Å². The number of ether oxygens (including phenoxy) is 1. The molecule has 3 rings (SSSR count). The number of carbonyl (C=O) groups excluding carboxylic acids is 1. The van der Waals surface area contributed by atoms with Crippen LogP contribution in [0.3, 0.4) is 0 Å². The van der Waals surface area contributed by atoms with E-state index in [2.05, 4.69) is 41.2 Å². The Labute approximate surface area is 172 Å². The number of aromatic nitrogens is 3. The molecule has 1 aromatic heterocycles. The first-order valence-corrected chi connectivity index (χ1v) is 10.1. The lowest BCUT2D eigenvalue weighted by Gasteiger charge is -2.33. The molecule has 2 aromatic rings. The molecule has 1 aromatic carbocycles. The molecule has 158 valence electrons. The normalized spacial score (nSPS) is 17.3. The van der Waals surface area contributed by atoms with Gasteiger partial charge in [-0.25, -0.2) is 4.68 Å². The molecule has 0 radical (unpaired) electrons. The molecule has 8 heteroatoms. The number of hydrogen-bond acceptors (Lipinski definition) is 6. The van der Waals surface area contributed by atoms with E-state index in [9.17, 15) is 4.79 Å². The molecule has 0 bridgehead atoms. The summed E-state index contributed by atoms with van der Waals surface area (Å²) in [6.45, 7) is 7.20. The van der Waals surface area contributed by atoms with Gasteiger partial charge >= 0.3 is 0 Å². The van der Waals surface area contributed by atoms with Crippen LogP contribution >= 0.6 is 0 Å². The third-order valence-electron chi connectivity index (χ3n) is 5.61. The van der Waals surface area contributed by atoms with E-state index in [1.54, 1.807) is 20.4 Å². The van der Waals surface area contributed by atoms with E-state index in [4.69, 9.17) is 9.84 Å². The van der Waals surface area contributed by atoms with Gasteiger partial charge in [-0.05, 0) is 56.0 Å². The van der Waals surface area contributed by atoms with Gasteiger partial charge in [-0.2, -0.15) is 0 Å². The highest BCUT2D eigenvalue weighted by Gasteiger charge is 2.24. The highest BCUT2D eigenvalue weighted by atomic mass is 16.5. The fourth-order valence-electron chi connectivity index (χ4n) is 3.87. The molecule has 1 aliphatic rings. The predicted molar refractivity (Wildman–Crippen MR) is 110 cm³/mol. The minimum Gasteiger partial charge on any atom is -0.496 e. The summed E-state index contributed by atoms with van der Waals surface area (Å²) in [6.07, 6.45) is 3.82. The van der Waals surface area contributed by atoms with E-state index in [0.29, 0.717) is 5.69 Å². The average molecular weight is 402 g/mol. The maximum Gasteiger partial charge on any atom is 0.275 e. The molecular weight excluding hydrogens is 370 g/mol. The zero-order valence-electron chi connectivity index (χ0n) is 17.8. The summed E-state index contributed by atoms with van der Waals surface area (Å²) in [5.41, 5.74) is 4.01. The summed E-state index contributed by atoms with van der Waals surface area (Å²) >= 11 is 0. The number of aliphatic hydroxyl groups is 1. The van der Waals surface area contributed by atoms with Gasteiger partial charge in [0.15, 0.2) is 5.69 Å². The van der Waals surface area contributed by atoms with Crippen molar-refractivity contribution in [2.75, 3.05) is 40.4 Å². The number of nitrogens with zero attached hydrogens (tertiary/aromatic N) is 5. The SMILES string of the molecule is COc1cc(C)c(CN2CCCC(n3cc(C(=O)N(C)CCO)nn3)C2)cc1C. The summed E-state index contributed by atoms with van der Waals surface area (Å²) in [5.74, 6) is 0.705. The van der Waals surface area contributed by atoms with Crippen molar-refractivity contribution in [3.8, 4) is 5.75 Å². The number of piperidine rings is 1. The van der Waals surface area contributed by atoms with E-state index < -0.39 is 0 Å². The molecule has 1 N–H and O–H groups in total. The van der Waals surface area contributed by atoms with Gasteiger partial charge in [-0.15, -0.1) is 5.10 Å². The van der Waals surface area contributed by atoms with Gasteiger partial charge in [0.05, 0.1) is 26.0 Å².